The maximum absolute atomic E-state index is 11.7. The first-order valence-electron chi connectivity index (χ1n) is 4.58. The van der Waals surface area contributed by atoms with Crippen molar-refractivity contribution in [3.8, 4) is 0 Å². The van der Waals surface area contributed by atoms with Gasteiger partial charge in [0, 0.05) is 5.92 Å². The second kappa shape index (κ2) is 1.92. The molecular formula is C10H16O2. The Kier molecular flexibility index (Phi) is 1.32. The number of carbonyl (C=O) groups excluding carboxylic acids is 1. The zero-order valence-electron chi connectivity index (χ0n) is 8.18. The quantitative estimate of drug-likeness (QED) is 0.516. The van der Waals surface area contributed by atoms with E-state index in [1.165, 1.54) is 0 Å². The van der Waals surface area contributed by atoms with Crippen molar-refractivity contribution in [3.05, 3.63) is 0 Å². The highest BCUT2D eigenvalue weighted by molar-refractivity contribution is 5.90. The summed E-state index contributed by atoms with van der Waals surface area (Å²) in [7, 11) is 0. The molecule has 1 heterocycles. The first kappa shape index (κ1) is 8.24. The Morgan fingerprint density at radius 2 is 2.00 bits per heavy atom. The monoisotopic (exact) mass is 168 g/mol. The molecule has 1 aliphatic heterocycles. The van der Waals surface area contributed by atoms with Gasteiger partial charge in [0.25, 0.3) is 0 Å². The van der Waals surface area contributed by atoms with E-state index in [0.29, 0.717) is 5.78 Å². The van der Waals surface area contributed by atoms with Gasteiger partial charge in [0.1, 0.15) is 11.7 Å². The summed E-state index contributed by atoms with van der Waals surface area (Å²) in [6, 6.07) is 0. The summed E-state index contributed by atoms with van der Waals surface area (Å²) in [5.41, 5.74) is -0.00801. The van der Waals surface area contributed by atoms with Gasteiger partial charge in [0.2, 0.25) is 0 Å². The maximum atomic E-state index is 11.7. The Morgan fingerprint density at radius 3 is 2.58 bits per heavy atom. The van der Waals surface area contributed by atoms with E-state index in [2.05, 4.69) is 13.8 Å². The molecule has 12 heavy (non-hydrogen) atoms. The van der Waals surface area contributed by atoms with Crippen LogP contribution in [-0.2, 0) is 9.53 Å². The third kappa shape index (κ3) is 0.875. The molecule has 2 rings (SSSR count). The summed E-state index contributed by atoms with van der Waals surface area (Å²) in [6.07, 6.45) is 0.929. The van der Waals surface area contributed by atoms with Gasteiger partial charge in [-0.2, -0.15) is 0 Å². The topological polar surface area (TPSA) is 29.6 Å². The third-order valence-electron chi connectivity index (χ3n) is 3.55. The van der Waals surface area contributed by atoms with Crippen molar-refractivity contribution in [2.24, 2.45) is 11.3 Å². The van der Waals surface area contributed by atoms with Crippen LogP contribution in [0.4, 0.5) is 0 Å². The normalized spacial score (nSPS) is 50.2. The fraction of sp³-hybridized carbons (Fsp3) is 0.900. The second-order valence-electron chi connectivity index (χ2n) is 5.10. The predicted molar refractivity (Wildman–Crippen MR) is 45.8 cm³/mol. The van der Waals surface area contributed by atoms with E-state index in [0.717, 1.165) is 6.42 Å². The summed E-state index contributed by atoms with van der Waals surface area (Å²) < 4.78 is 5.43. The van der Waals surface area contributed by atoms with Crippen molar-refractivity contribution < 1.29 is 9.53 Å². The number of epoxide rings is 1. The molecule has 1 saturated heterocycles. The van der Waals surface area contributed by atoms with Gasteiger partial charge in [0.05, 0.1) is 0 Å². The van der Waals surface area contributed by atoms with Crippen LogP contribution in [0.2, 0.25) is 0 Å². The molecular weight excluding hydrogens is 152 g/mol. The predicted octanol–water partition coefficient (Wildman–Crippen LogP) is 1.78. The molecule has 68 valence electrons. The molecule has 0 radical (unpaired) electrons. The van der Waals surface area contributed by atoms with E-state index in [1.54, 1.807) is 0 Å². The Labute approximate surface area is 73.3 Å². The summed E-state index contributed by atoms with van der Waals surface area (Å²) in [4.78, 5) is 11.7. The molecule has 0 aromatic carbocycles. The zero-order chi connectivity index (χ0) is 9.15. The summed E-state index contributed by atoms with van der Waals surface area (Å²) >= 11 is 0. The SMILES string of the molecule is CC1C(=O)C2OC2(C)CC1(C)C. The lowest BCUT2D eigenvalue weighted by atomic mass is 9.66. The molecule has 1 aliphatic carbocycles. The Balaban J connectivity index is 2.29. The fourth-order valence-corrected chi connectivity index (χ4v) is 2.40. The molecule has 2 aliphatic rings. The van der Waals surface area contributed by atoms with E-state index in [-0.39, 0.29) is 23.0 Å². The van der Waals surface area contributed by atoms with Gasteiger partial charge < -0.3 is 4.74 Å². The van der Waals surface area contributed by atoms with Crippen molar-refractivity contribution in [3.63, 3.8) is 0 Å². The van der Waals surface area contributed by atoms with Gasteiger partial charge >= 0.3 is 0 Å². The minimum atomic E-state index is -0.118. The summed E-state index contributed by atoms with van der Waals surface area (Å²) in [6.45, 7) is 8.37. The van der Waals surface area contributed by atoms with Gasteiger partial charge in [-0.3, -0.25) is 4.79 Å². The van der Waals surface area contributed by atoms with Crippen LogP contribution >= 0.6 is 0 Å². The largest absolute Gasteiger partial charge is 0.358 e. The van der Waals surface area contributed by atoms with Crippen LogP contribution in [0.3, 0.4) is 0 Å². The summed E-state index contributed by atoms with van der Waals surface area (Å²) in [5.74, 6) is 0.451. The average Bonchev–Trinajstić information content (AvgIpc) is 2.56. The molecule has 0 aromatic rings. The smallest absolute Gasteiger partial charge is 0.167 e. The van der Waals surface area contributed by atoms with E-state index >= 15 is 0 Å². The highest BCUT2D eigenvalue weighted by Gasteiger charge is 2.64. The number of Topliss-reactive ketones (excluding diaryl/α,β-unsaturated/α-hetero) is 1. The van der Waals surface area contributed by atoms with Crippen LogP contribution in [-0.4, -0.2) is 17.5 Å². The second-order valence-corrected chi connectivity index (χ2v) is 5.10. The first-order valence-corrected chi connectivity index (χ1v) is 4.58. The van der Waals surface area contributed by atoms with Gasteiger partial charge in [-0.25, -0.2) is 0 Å². The standard InChI is InChI=1S/C10H16O2/c1-6-7(11)8-10(4,12-8)5-9(6,2)3/h6,8H,5H2,1-4H3. The molecule has 2 heteroatoms. The Bertz CT molecular complexity index is 244. The lowest BCUT2D eigenvalue weighted by Gasteiger charge is -2.35. The van der Waals surface area contributed by atoms with E-state index in [9.17, 15) is 4.79 Å². The number of hydrogen-bond acceptors (Lipinski definition) is 2. The fourth-order valence-electron chi connectivity index (χ4n) is 2.40. The number of rotatable bonds is 0. The molecule has 0 aromatic heterocycles. The maximum Gasteiger partial charge on any atom is 0.167 e. The molecule has 2 fully saturated rings. The van der Waals surface area contributed by atoms with E-state index in [1.807, 2.05) is 13.8 Å². The van der Waals surface area contributed by atoms with Crippen LogP contribution in [0.5, 0.6) is 0 Å². The Morgan fingerprint density at radius 1 is 1.42 bits per heavy atom. The number of hydrogen-bond donors (Lipinski definition) is 0. The van der Waals surface area contributed by atoms with Crippen LogP contribution in [0.15, 0.2) is 0 Å². The van der Waals surface area contributed by atoms with E-state index < -0.39 is 0 Å². The highest BCUT2D eigenvalue weighted by Crippen LogP contribution is 2.54. The van der Waals surface area contributed by atoms with Gasteiger partial charge in [-0.1, -0.05) is 20.8 Å². The van der Waals surface area contributed by atoms with Crippen LogP contribution in [0.1, 0.15) is 34.1 Å². The van der Waals surface area contributed by atoms with Gasteiger partial charge in [-0.15, -0.1) is 0 Å². The summed E-state index contributed by atoms with van der Waals surface area (Å²) in [5, 5.41) is 0. The van der Waals surface area contributed by atoms with Crippen molar-refractivity contribution in [1.29, 1.82) is 0 Å². The van der Waals surface area contributed by atoms with Crippen LogP contribution in [0, 0.1) is 11.3 Å². The van der Waals surface area contributed by atoms with E-state index in [4.69, 9.17) is 4.74 Å². The molecule has 0 bridgehead atoms. The molecule has 2 nitrogen and oxygen atoms in total. The number of carbonyl (C=O) groups is 1. The van der Waals surface area contributed by atoms with Crippen molar-refractivity contribution in [2.45, 2.75) is 45.8 Å². The number of fused-ring (bicyclic) bond motifs is 1. The molecule has 1 saturated carbocycles. The van der Waals surface area contributed by atoms with Crippen molar-refractivity contribution in [2.75, 3.05) is 0 Å². The lowest BCUT2D eigenvalue weighted by Crippen LogP contribution is -2.42. The third-order valence-corrected chi connectivity index (χ3v) is 3.55. The molecule has 0 amide bonds. The van der Waals surface area contributed by atoms with Gasteiger partial charge in [0.15, 0.2) is 5.78 Å². The molecule has 0 N–H and O–H groups in total. The highest BCUT2D eigenvalue weighted by atomic mass is 16.6. The first-order chi connectivity index (χ1) is 5.37. The van der Waals surface area contributed by atoms with Crippen LogP contribution in [0.25, 0.3) is 0 Å². The number of ketones is 1. The number of ether oxygens (including phenoxy) is 1. The zero-order valence-corrected chi connectivity index (χ0v) is 8.18. The minimum absolute atomic E-state index is 0.0828. The van der Waals surface area contributed by atoms with Crippen molar-refractivity contribution in [1.82, 2.24) is 0 Å². The minimum Gasteiger partial charge on any atom is -0.358 e. The van der Waals surface area contributed by atoms with Gasteiger partial charge in [-0.05, 0) is 18.8 Å². The van der Waals surface area contributed by atoms with Crippen molar-refractivity contribution >= 4 is 5.78 Å². The molecule has 3 atom stereocenters. The van der Waals surface area contributed by atoms with Crippen LogP contribution < -0.4 is 0 Å². The Hall–Kier alpha value is -0.370. The molecule has 0 spiro atoms. The molecule has 3 unspecified atom stereocenters. The lowest BCUT2D eigenvalue weighted by molar-refractivity contribution is -0.128. The average molecular weight is 168 g/mol.